The SMILES string of the molecule is CCCC(=C=CC(C)(C)CC(=O)OC1O[C@H](COC(=O)c2ccccc2)[C@H](OC(=O)c2ccccc2)[C@H](OC(=O)c2ccccc2)[C@H]1OC(=O)c1ccccc1)CCC. The number of allylic oxidation sites excluding steroid dienone is 1. The van der Waals surface area contributed by atoms with Crippen LogP contribution in [0, 0.1) is 5.41 Å². The third kappa shape index (κ3) is 12.9. The maximum absolute atomic E-state index is 13.9. The molecule has 0 N–H and O–H groups in total. The predicted molar refractivity (Wildman–Crippen MR) is 218 cm³/mol. The molecule has 1 fully saturated rings. The molecule has 308 valence electrons. The second kappa shape index (κ2) is 21.5. The molecule has 1 aliphatic heterocycles. The Morgan fingerprint density at radius 3 is 1.42 bits per heavy atom. The minimum Gasteiger partial charge on any atom is -0.459 e. The van der Waals surface area contributed by atoms with Gasteiger partial charge in [0, 0.05) is 5.41 Å². The predicted octanol–water partition coefficient (Wildman–Crippen LogP) is 8.89. The van der Waals surface area contributed by atoms with Gasteiger partial charge in [0.05, 0.1) is 28.7 Å². The number of hydrogen-bond acceptors (Lipinski definition) is 11. The Labute approximate surface area is 344 Å². The van der Waals surface area contributed by atoms with Crippen molar-refractivity contribution in [3.63, 3.8) is 0 Å². The quantitative estimate of drug-likeness (QED) is 0.0574. The summed E-state index contributed by atoms with van der Waals surface area (Å²) in [5, 5.41) is 0. The summed E-state index contributed by atoms with van der Waals surface area (Å²) in [6.07, 6.45) is -2.67. The van der Waals surface area contributed by atoms with Crippen LogP contribution in [-0.2, 0) is 33.2 Å². The molecular weight excluding hydrogens is 753 g/mol. The summed E-state index contributed by atoms with van der Waals surface area (Å²) in [4.78, 5) is 68.5. The van der Waals surface area contributed by atoms with Crippen LogP contribution in [0.25, 0.3) is 0 Å². The Bertz CT molecular complexity index is 2070. The second-order valence-electron chi connectivity index (χ2n) is 14.8. The first-order valence-electron chi connectivity index (χ1n) is 19.8. The fourth-order valence-corrected chi connectivity index (χ4v) is 6.39. The van der Waals surface area contributed by atoms with E-state index < -0.39 is 72.6 Å². The van der Waals surface area contributed by atoms with Gasteiger partial charge >= 0.3 is 29.8 Å². The van der Waals surface area contributed by atoms with Crippen LogP contribution in [0.4, 0.5) is 0 Å². The molecule has 0 radical (unpaired) electrons. The first-order valence-corrected chi connectivity index (χ1v) is 19.8. The van der Waals surface area contributed by atoms with Crippen LogP contribution in [0.2, 0.25) is 0 Å². The summed E-state index contributed by atoms with van der Waals surface area (Å²) in [7, 11) is 0. The van der Waals surface area contributed by atoms with Gasteiger partial charge in [-0.05, 0) is 73.0 Å². The van der Waals surface area contributed by atoms with Crippen molar-refractivity contribution < 1.29 is 52.4 Å². The van der Waals surface area contributed by atoms with E-state index in [2.05, 4.69) is 19.6 Å². The van der Waals surface area contributed by atoms with Crippen molar-refractivity contribution in [3.05, 3.63) is 161 Å². The monoisotopic (exact) mass is 802 g/mol. The van der Waals surface area contributed by atoms with Gasteiger partial charge in [-0.1, -0.05) is 113 Å². The van der Waals surface area contributed by atoms with E-state index in [0.29, 0.717) is 0 Å². The van der Waals surface area contributed by atoms with E-state index in [1.54, 1.807) is 84.9 Å². The number of carbonyl (C=O) groups excluding carboxylic acids is 5. The molecule has 1 saturated heterocycles. The fraction of sp³-hybridized carbons (Fsp3) is 0.333. The molecule has 1 heterocycles. The Hall–Kier alpha value is -6.29. The average molecular weight is 803 g/mol. The van der Waals surface area contributed by atoms with E-state index in [1.807, 2.05) is 19.9 Å². The molecule has 0 spiro atoms. The number of carbonyl (C=O) groups is 5. The lowest BCUT2D eigenvalue weighted by atomic mass is 9.88. The van der Waals surface area contributed by atoms with Gasteiger partial charge in [-0.3, -0.25) is 4.79 Å². The third-order valence-electron chi connectivity index (χ3n) is 9.36. The average Bonchev–Trinajstić information content (AvgIpc) is 3.25. The number of hydrogen-bond donors (Lipinski definition) is 0. The molecule has 5 rings (SSSR count). The van der Waals surface area contributed by atoms with Crippen LogP contribution in [-0.4, -0.2) is 67.2 Å². The van der Waals surface area contributed by atoms with Gasteiger partial charge in [-0.15, -0.1) is 5.73 Å². The van der Waals surface area contributed by atoms with Crippen molar-refractivity contribution in [2.75, 3.05) is 6.61 Å². The molecule has 0 aliphatic carbocycles. The Morgan fingerprint density at radius 1 is 0.576 bits per heavy atom. The van der Waals surface area contributed by atoms with E-state index in [1.165, 1.54) is 36.4 Å². The van der Waals surface area contributed by atoms with E-state index in [-0.39, 0.29) is 28.7 Å². The van der Waals surface area contributed by atoms with E-state index in [4.69, 9.17) is 28.4 Å². The first-order chi connectivity index (χ1) is 28.5. The molecule has 11 nitrogen and oxygen atoms in total. The van der Waals surface area contributed by atoms with Gasteiger partial charge in [-0.25, -0.2) is 19.2 Å². The minimum absolute atomic E-state index is 0.132. The number of ether oxygens (including phenoxy) is 6. The highest BCUT2D eigenvalue weighted by molar-refractivity contribution is 5.91. The molecule has 4 aromatic carbocycles. The lowest BCUT2D eigenvalue weighted by Crippen LogP contribution is -2.63. The lowest BCUT2D eigenvalue weighted by Gasteiger charge is -2.44. The molecule has 5 atom stereocenters. The summed E-state index contributed by atoms with van der Waals surface area (Å²) in [6.45, 7) is 7.36. The van der Waals surface area contributed by atoms with Crippen molar-refractivity contribution in [2.45, 2.75) is 90.5 Å². The Kier molecular flexibility index (Phi) is 15.9. The fourth-order valence-electron chi connectivity index (χ4n) is 6.39. The summed E-state index contributed by atoms with van der Waals surface area (Å²) in [5.41, 5.74) is 4.45. The lowest BCUT2D eigenvalue weighted by molar-refractivity contribution is -0.290. The molecule has 4 aromatic rings. The number of rotatable bonds is 17. The van der Waals surface area contributed by atoms with Crippen LogP contribution in [0.5, 0.6) is 0 Å². The molecule has 0 amide bonds. The van der Waals surface area contributed by atoms with Crippen LogP contribution in [0.15, 0.2) is 139 Å². The molecule has 0 aromatic heterocycles. The largest absolute Gasteiger partial charge is 0.459 e. The summed E-state index contributed by atoms with van der Waals surface area (Å²) >= 11 is 0. The van der Waals surface area contributed by atoms with Gasteiger partial charge in [0.2, 0.25) is 12.4 Å². The molecule has 59 heavy (non-hydrogen) atoms. The maximum Gasteiger partial charge on any atom is 0.338 e. The number of benzene rings is 4. The third-order valence-corrected chi connectivity index (χ3v) is 9.36. The van der Waals surface area contributed by atoms with Crippen molar-refractivity contribution >= 4 is 29.8 Å². The zero-order valence-electron chi connectivity index (χ0n) is 33.7. The van der Waals surface area contributed by atoms with Crippen molar-refractivity contribution in [2.24, 2.45) is 5.41 Å². The van der Waals surface area contributed by atoms with Gasteiger partial charge < -0.3 is 28.4 Å². The van der Waals surface area contributed by atoms with Crippen molar-refractivity contribution in [1.82, 2.24) is 0 Å². The highest BCUT2D eigenvalue weighted by Crippen LogP contribution is 2.33. The zero-order valence-corrected chi connectivity index (χ0v) is 33.7. The Morgan fingerprint density at radius 2 is 0.983 bits per heavy atom. The van der Waals surface area contributed by atoms with Crippen LogP contribution in [0.1, 0.15) is 101 Å². The van der Waals surface area contributed by atoms with E-state index in [0.717, 1.165) is 31.3 Å². The number of esters is 5. The van der Waals surface area contributed by atoms with E-state index >= 15 is 0 Å². The highest BCUT2D eigenvalue weighted by Gasteiger charge is 2.54. The Balaban J connectivity index is 1.56. The van der Waals surface area contributed by atoms with Crippen LogP contribution in [0.3, 0.4) is 0 Å². The normalized spacial score (nSPS) is 18.6. The summed E-state index contributed by atoms with van der Waals surface area (Å²) in [6, 6.07) is 32.3. The van der Waals surface area contributed by atoms with Gasteiger partial charge in [-0.2, -0.15) is 0 Å². The molecule has 1 unspecified atom stereocenters. The minimum atomic E-state index is -1.73. The van der Waals surface area contributed by atoms with Gasteiger partial charge in [0.15, 0.2) is 12.2 Å². The van der Waals surface area contributed by atoms with Gasteiger partial charge in [0.1, 0.15) is 12.7 Å². The summed E-state index contributed by atoms with van der Waals surface area (Å²) < 4.78 is 36.2. The van der Waals surface area contributed by atoms with Crippen LogP contribution < -0.4 is 0 Å². The van der Waals surface area contributed by atoms with E-state index in [9.17, 15) is 24.0 Å². The topological polar surface area (TPSA) is 141 Å². The second-order valence-corrected chi connectivity index (χ2v) is 14.8. The zero-order chi connectivity index (χ0) is 42.2. The molecule has 0 bridgehead atoms. The van der Waals surface area contributed by atoms with Crippen LogP contribution >= 0.6 is 0 Å². The van der Waals surface area contributed by atoms with Crippen molar-refractivity contribution in [3.8, 4) is 0 Å². The standard InChI is InChI=1S/C48H50O11/c1-5-19-33(20-6-2)29-30-48(3,4)31-39(49)56-47-42(59-46(53)37-27-17-10-18-28-37)41(58-45(52)36-25-15-9-16-26-36)40(57-44(51)35-23-13-8-14-24-35)38(55-47)32-54-43(50)34-21-11-7-12-22-34/h7-18,21-28,30,38,40-42,47H,5-6,19-20,31-32H2,1-4H3/t38-,40+,41+,42-,47?/m1/s1. The summed E-state index contributed by atoms with van der Waals surface area (Å²) in [5.74, 6) is -4.03. The highest BCUT2D eigenvalue weighted by atomic mass is 16.7. The van der Waals surface area contributed by atoms with Crippen molar-refractivity contribution in [1.29, 1.82) is 0 Å². The maximum atomic E-state index is 13.9. The molecular formula is C48H50O11. The molecule has 1 aliphatic rings. The smallest absolute Gasteiger partial charge is 0.338 e. The van der Waals surface area contributed by atoms with Gasteiger partial charge in [0.25, 0.3) is 0 Å². The first kappa shape index (κ1) is 43.8. The molecule has 0 saturated carbocycles. The molecule has 11 heteroatoms.